The third-order valence-electron chi connectivity index (χ3n) is 2.04. The maximum Gasteiger partial charge on any atom is 0.337 e. The Morgan fingerprint density at radius 2 is 2.00 bits per heavy atom. The maximum atomic E-state index is 11.2. The lowest BCUT2D eigenvalue weighted by molar-refractivity contribution is -0.140. The first-order valence-electron chi connectivity index (χ1n) is 4.78. The average molecular weight is 222 g/mol. The molecule has 0 radical (unpaired) electrons. The Morgan fingerprint density at radius 3 is 2.50 bits per heavy atom. The van der Waals surface area contributed by atoms with Gasteiger partial charge in [0.05, 0.1) is 18.9 Å². The van der Waals surface area contributed by atoms with E-state index in [4.69, 9.17) is 14.6 Å². The van der Waals surface area contributed by atoms with E-state index in [0.717, 1.165) is 17.6 Å². The molecular formula is C12H14O4. The van der Waals surface area contributed by atoms with Crippen LogP contribution < -0.4 is 4.74 Å². The Morgan fingerprint density at radius 1 is 1.38 bits per heavy atom. The highest BCUT2D eigenvalue weighted by Gasteiger charge is 2.05. The summed E-state index contributed by atoms with van der Waals surface area (Å²) in [4.78, 5) is 11.2. The molecule has 0 aliphatic carbocycles. The van der Waals surface area contributed by atoms with Crippen LogP contribution in [0.25, 0.3) is 0 Å². The molecule has 1 aromatic carbocycles. The fourth-order valence-corrected chi connectivity index (χ4v) is 1.04. The van der Waals surface area contributed by atoms with Gasteiger partial charge in [-0.3, -0.25) is 0 Å². The highest BCUT2D eigenvalue weighted by Crippen LogP contribution is 2.12. The van der Waals surface area contributed by atoms with Crippen LogP contribution in [-0.2, 0) is 16.1 Å². The SMILES string of the molecule is COc1ccc(COC(=O)C(C)=CO)cc1. The van der Waals surface area contributed by atoms with Crippen LogP contribution >= 0.6 is 0 Å². The molecule has 1 rings (SSSR count). The number of carbonyl (C=O) groups excluding carboxylic acids is 1. The second-order valence-corrected chi connectivity index (χ2v) is 3.24. The van der Waals surface area contributed by atoms with Crippen molar-refractivity contribution in [1.82, 2.24) is 0 Å². The molecule has 0 heterocycles. The second kappa shape index (κ2) is 5.80. The average Bonchev–Trinajstić information content (AvgIpc) is 2.35. The van der Waals surface area contributed by atoms with Crippen LogP contribution in [0.3, 0.4) is 0 Å². The number of aliphatic hydroxyl groups excluding tert-OH is 1. The van der Waals surface area contributed by atoms with Crippen molar-refractivity contribution in [3.63, 3.8) is 0 Å². The summed E-state index contributed by atoms with van der Waals surface area (Å²) in [6, 6.07) is 7.20. The van der Waals surface area contributed by atoms with Gasteiger partial charge in [-0.25, -0.2) is 4.79 Å². The van der Waals surface area contributed by atoms with Crippen molar-refractivity contribution in [3.05, 3.63) is 41.7 Å². The summed E-state index contributed by atoms with van der Waals surface area (Å²) >= 11 is 0. The Hall–Kier alpha value is -1.97. The minimum Gasteiger partial charge on any atom is -0.515 e. The molecular weight excluding hydrogens is 208 g/mol. The molecule has 0 aliphatic heterocycles. The molecule has 0 spiro atoms. The van der Waals surface area contributed by atoms with Gasteiger partial charge in [-0.15, -0.1) is 0 Å². The molecule has 1 aromatic rings. The largest absolute Gasteiger partial charge is 0.515 e. The Labute approximate surface area is 94.1 Å². The predicted molar refractivity (Wildman–Crippen MR) is 59.2 cm³/mol. The molecule has 4 nitrogen and oxygen atoms in total. The molecule has 0 bridgehead atoms. The van der Waals surface area contributed by atoms with Gasteiger partial charge in [-0.2, -0.15) is 0 Å². The molecule has 86 valence electrons. The smallest absolute Gasteiger partial charge is 0.337 e. The minimum absolute atomic E-state index is 0.175. The molecule has 0 saturated heterocycles. The van der Waals surface area contributed by atoms with Gasteiger partial charge in [0.25, 0.3) is 0 Å². The normalized spacial score (nSPS) is 11.0. The predicted octanol–water partition coefficient (Wildman–Crippen LogP) is 2.20. The number of benzene rings is 1. The van der Waals surface area contributed by atoms with E-state index in [1.807, 2.05) is 12.1 Å². The number of ether oxygens (including phenoxy) is 2. The van der Waals surface area contributed by atoms with E-state index in [0.29, 0.717) is 0 Å². The van der Waals surface area contributed by atoms with Gasteiger partial charge < -0.3 is 14.6 Å². The van der Waals surface area contributed by atoms with Gasteiger partial charge in [0, 0.05) is 0 Å². The van der Waals surface area contributed by atoms with Crippen molar-refractivity contribution >= 4 is 5.97 Å². The van der Waals surface area contributed by atoms with Crippen molar-refractivity contribution in [2.45, 2.75) is 13.5 Å². The van der Waals surface area contributed by atoms with E-state index in [-0.39, 0.29) is 12.2 Å². The summed E-state index contributed by atoms with van der Waals surface area (Å²) in [6.45, 7) is 1.66. The summed E-state index contributed by atoms with van der Waals surface area (Å²) in [6.07, 6.45) is 0.732. The number of hydrogen-bond acceptors (Lipinski definition) is 4. The van der Waals surface area contributed by atoms with E-state index >= 15 is 0 Å². The van der Waals surface area contributed by atoms with Crippen LogP contribution in [0, 0.1) is 0 Å². The highest BCUT2D eigenvalue weighted by molar-refractivity contribution is 5.87. The van der Waals surface area contributed by atoms with E-state index in [1.165, 1.54) is 6.92 Å². The van der Waals surface area contributed by atoms with Gasteiger partial charge in [0.1, 0.15) is 12.4 Å². The van der Waals surface area contributed by atoms with Crippen LogP contribution in [0.1, 0.15) is 12.5 Å². The molecule has 4 heteroatoms. The zero-order chi connectivity index (χ0) is 12.0. The van der Waals surface area contributed by atoms with Crippen molar-refractivity contribution < 1.29 is 19.4 Å². The number of esters is 1. The fraction of sp³-hybridized carbons (Fsp3) is 0.250. The van der Waals surface area contributed by atoms with Crippen molar-refractivity contribution in [3.8, 4) is 5.75 Å². The zero-order valence-corrected chi connectivity index (χ0v) is 9.27. The lowest BCUT2D eigenvalue weighted by atomic mass is 10.2. The molecule has 0 unspecified atom stereocenters. The van der Waals surface area contributed by atoms with E-state index in [9.17, 15) is 4.79 Å². The van der Waals surface area contributed by atoms with Crippen LogP contribution in [0.5, 0.6) is 5.75 Å². The number of carbonyl (C=O) groups is 1. The number of hydrogen-bond donors (Lipinski definition) is 1. The lowest BCUT2D eigenvalue weighted by Gasteiger charge is -2.05. The summed E-state index contributed by atoms with van der Waals surface area (Å²) < 4.78 is 9.95. The quantitative estimate of drug-likeness (QED) is 0.482. The first-order chi connectivity index (χ1) is 7.67. The van der Waals surface area contributed by atoms with E-state index < -0.39 is 5.97 Å². The Bertz CT molecular complexity index is 379. The molecule has 1 N–H and O–H groups in total. The van der Waals surface area contributed by atoms with Gasteiger partial charge in [-0.05, 0) is 24.6 Å². The molecule has 16 heavy (non-hydrogen) atoms. The van der Waals surface area contributed by atoms with Gasteiger partial charge >= 0.3 is 5.97 Å². The number of rotatable bonds is 4. The molecule has 0 atom stereocenters. The molecule has 0 fully saturated rings. The van der Waals surface area contributed by atoms with Crippen molar-refractivity contribution in [2.24, 2.45) is 0 Å². The first kappa shape index (κ1) is 12.1. The Balaban J connectivity index is 2.52. The third kappa shape index (κ3) is 3.31. The molecule has 0 aromatic heterocycles. The number of methoxy groups -OCH3 is 1. The van der Waals surface area contributed by atoms with Crippen LogP contribution in [0.4, 0.5) is 0 Å². The van der Waals surface area contributed by atoms with Crippen LogP contribution in [-0.4, -0.2) is 18.2 Å². The van der Waals surface area contributed by atoms with Gasteiger partial charge in [0.15, 0.2) is 0 Å². The molecule has 0 saturated carbocycles. The molecule has 0 amide bonds. The highest BCUT2D eigenvalue weighted by atomic mass is 16.5. The summed E-state index contributed by atoms with van der Waals surface area (Å²) in [5, 5.41) is 8.59. The summed E-state index contributed by atoms with van der Waals surface area (Å²) in [5.74, 6) is 0.222. The Kier molecular flexibility index (Phi) is 4.39. The first-order valence-corrected chi connectivity index (χ1v) is 4.78. The maximum absolute atomic E-state index is 11.2. The standard InChI is InChI=1S/C12H14O4/c1-9(7-13)12(14)16-8-10-3-5-11(15-2)6-4-10/h3-7,13H,8H2,1-2H3. The van der Waals surface area contributed by atoms with Crippen molar-refractivity contribution in [1.29, 1.82) is 0 Å². The summed E-state index contributed by atoms with van der Waals surface area (Å²) in [7, 11) is 1.59. The van der Waals surface area contributed by atoms with Crippen LogP contribution in [0.2, 0.25) is 0 Å². The monoisotopic (exact) mass is 222 g/mol. The van der Waals surface area contributed by atoms with Gasteiger partial charge in [-0.1, -0.05) is 12.1 Å². The lowest BCUT2D eigenvalue weighted by Crippen LogP contribution is -2.05. The zero-order valence-electron chi connectivity index (χ0n) is 9.27. The van der Waals surface area contributed by atoms with Crippen LogP contribution in [0.15, 0.2) is 36.1 Å². The van der Waals surface area contributed by atoms with E-state index in [2.05, 4.69) is 0 Å². The fourth-order valence-electron chi connectivity index (χ4n) is 1.04. The number of aliphatic hydroxyl groups is 1. The van der Waals surface area contributed by atoms with E-state index in [1.54, 1.807) is 19.2 Å². The van der Waals surface area contributed by atoms with Crippen molar-refractivity contribution in [2.75, 3.05) is 7.11 Å². The van der Waals surface area contributed by atoms with Gasteiger partial charge in [0.2, 0.25) is 0 Å². The second-order valence-electron chi connectivity index (χ2n) is 3.24. The summed E-state index contributed by atoms with van der Waals surface area (Å²) in [5.41, 5.74) is 1.04. The topological polar surface area (TPSA) is 55.8 Å². The molecule has 0 aliphatic rings. The third-order valence-corrected chi connectivity index (χ3v) is 2.04. The minimum atomic E-state index is -0.529.